The minimum Gasteiger partial charge on any atom is -0.394 e. The van der Waals surface area contributed by atoms with Gasteiger partial charge in [-0.1, -0.05) is 46.6 Å². The summed E-state index contributed by atoms with van der Waals surface area (Å²) in [6.45, 7) is 11.1. The maximum atomic E-state index is 9.48. The van der Waals surface area contributed by atoms with Crippen LogP contribution in [-0.4, -0.2) is 47.3 Å². The molecule has 0 fully saturated rings. The summed E-state index contributed by atoms with van der Waals surface area (Å²) in [5.74, 6) is 0. The molecule has 0 aromatic heterocycles. The van der Waals surface area contributed by atoms with Crippen molar-refractivity contribution in [1.29, 1.82) is 0 Å². The van der Waals surface area contributed by atoms with Crippen LogP contribution < -0.4 is 0 Å². The summed E-state index contributed by atoms with van der Waals surface area (Å²) < 4.78 is 5.33. The predicted molar refractivity (Wildman–Crippen MR) is 128 cm³/mol. The minimum atomic E-state index is -1.13. The average Bonchev–Trinajstić information content (AvgIpc) is 2.69. The molecule has 2 unspecified atom stereocenters. The van der Waals surface area contributed by atoms with Gasteiger partial charge in [-0.05, 0) is 86.0 Å². The molecule has 0 aliphatic heterocycles. The van der Waals surface area contributed by atoms with Gasteiger partial charge in [-0.3, -0.25) is 0 Å². The highest BCUT2D eigenvalue weighted by Gasteiger charge is 2.14. The topological polar surface area (TPSA) is 69.9 Å². The lowest BCUT2D eigenvalue weighted by molar-refractivity contribution is -0.0568. The van der Waals surface area contributed by atoms with Crippen molar-refractivity contribution in [1.82, 2.24) is 0 Å². The Labute approximate surface area is 185 Å². The summed E-state index contributed by atoms with van der Waals surface area (Å²) in [5.41, 5.74) is 5.74. The molecule has 0 spiro atoms. The summed E-state index contributed by atoms with van der Waals surface area (Å²) in [6, 6.07) is 0. The number of hydrogen-bond donors (Lipinski definition) is 3. The van der Waals surface area contributed by atoms with Crippen LogP contribution >= 0.6 is 0 Å². The Balaban J connectivity index is 3.89. The highest BCUT2D eigenvalue weighted by atomic mass is 16.5. The normalized spacial score (nSPS) is 15.3. The minimum absolute atomic E-state index is 0.0542. The Kier molecular flexibility index (Phi) is 17.8. The lowest BCUT2D eigenvalue weighted by Gasteiger charge is -2.15. The molecule has 0 aliphatic carbocycles. The first-order valence-electron chi connectivity index (χ1n) is 11.4. The fourth-order valence-electron chi connectivity index (χ4n) is 2.96. The summed E-state index contributed by atoms with van der Waals surface area (Å²) in [7, 11) is 0. The third kappa shape index (κ3) is 17.6. The molecular weight excluding hydrogens is 376 g/mol. The van der Waals surface area contributed by atoms with Crippen molar-refractivity contribution in [2.24, 2.45) is 0 Å². The highest BCUT2D eigenvalue weighted by molar-refractivity contribution is 5.07. The fourth-order valence-corrected chi connectivity index (χ4v) is 2.96. The molecule has 0 rings (SSSR count). The van der Waals surface area contributed by atoms with Gasteiger partial charge < -0.3 is 20.1 Å². The van der Waals surface area contributed by atoms with E-state index in [-0.39, 0.29) is 6.61 Å². The summed E-state index contributed by atoms with van der Waals surface area (Å²) in [4.78, 5) is 0. The molecule has 0 bridgehead atoms. The predicted octanol–water partition coefficient (Wildman–Crippen LogP) is 5.64. The molecule has 0 aliphatic rings. The summed E-state index contributed by atoms with van der Waals surface area (Å²) in [6.07, 6.45) is 15.7. The number of aliphatic hydroxyl groups is 3. The monoisotopic (exact) mass is 422 g/mol. The van der Waals surface area contributed by atoms with E-state index in [0.717, 1.165) is 51.4 Å². The molecular formula is C26H46O4. The second-order valence-electron chi connectivity index (χ2n) is 8.58. The largest absolute Gasteiger partial charge is 0.394 e. The van der Waals surface area contributed by atoms with E-state index in [0.29, 0.717) is 6.61 Å². The van der Waals surface area contributed by atoms with E-state index >= 15 is 0 Å². The SMILES string of the molecule is CC(C)=CCC/C(C)=C/CC/C(C)=C/CC/C(C)=C/CCCOCC(O)C(O)CO. The molecule has 30 heavy (non-hydrogen) atoms. The van der Waals surface area contributed by atoms with E-state index in [1.165, 1.54) is 22.3 Å². The van der Waals surface area contributed by atoms with Gasteiger partial charge in [0.25, 0.3) is 0 Å². The lowest BCUT2D eigenvalue weighted by atomic mass is 10.0. The quantitative estimate of drug-likeness (QED) is 0.209. The molecule has 4 nitrogen and oxygen atoms in total. The number of unbranched alkanes of at least 4 members (excludes halogenated alkanes) is 1. The van der Waals surface area contributed by atoms with Gasteiger partial charge in [0.15, 0.2) is 0 Å². The molecule has 0 saturated heterocycles. The lowest BCUT2D eigenvalue weighted by Crippen LogP contribution is -2.33. The number of aliphatic hydroxyl groups excluding tert-OH is 3. The Morgan fingerprint density at radius 3 is 1.63 bits per heavy atom. The van der Waals surface area contributed by atoms with Crippen LogP contribution in [-0.2, 0) is 4.74 Å². The van der Waals surface area contributed by atoms with Gasteiger partial charge in [0.2, 0.25) is 0 Å². The zero-order valence-electron chi connectivity index (χ0n) is 20.0. The molecule has 0 saturated carbocycles. The first-order chi connectivity index (χ1) is 14.3. The molecule has 0 aromatic rings. The van der Waals surface area contributed by atoms with Gasteiger partial charge in [0.05, 0.1) is 13.2 Å². The van der Waals surface area contributed by atoms with Gasteiger partial charge in [0.1, 0.15) is 12.2 Å². The molecule has 0 radical (unpaired) electrons. The zero-order valence-corrected chi connectivity index (χ0v) is 20.0. The summed E-state index contributed by atoms with van der Waals surface area (Å²) in [5, 5.41) is 27.5. The van der Waals surface area contributed by atoms with Crippen molar-refractivity contribution in [3.05, 3.63) is 46.6 Å². The zero-order chi connectivity index (χ0) is 22.8. The summed E-state index contributed by atoms with van der Waals surface area (Å²) >= 11 is 0. The van der Waals surface area contributed by atoms with Crippen molar-refractivity contribution >= 4 is 0 Å². The number of rotatable bonds is 17. The molecule has 174 valence electrons. The third-order valence-corrected chi connectivity index (χ3v) is 5.06. The van der Waals surface area contributed by atoms with Gasteiger partial charge in [-0.2, -0.15) is 0 Å². The van der Waals surface area contributed by atoms with E-state index in [1.807, 2.05) is 0 Å². The average molecular weight is 423 g/mol. The van der Waals surface area contributed by atoms with Crippen LogP contribution in [0, 0.1) is 0 Å². The van der Waals surface area contributed by atoms with Crippen molar-refractivity contribution in [3.8, 4) is 0 Å². The van der Waals surface area contributed by atoms with Crippen LogP contribution in [0.25, 0.3) is 0 Å². The van der Waals surface area contributed by atoms with Gasteiger partial charge in [0, 0.05) is 6.61 Å². The van der Waals surface area contributed by atoms with Crippen LogP contribution in [0.5, 0.6) is 0 Å². The van der Waals surface area contributed by atoms with Crippen LogP contribution in [0.2, 0.25) is 0 Å². The Hall–Kier alpha value is -1.20. The van der Waals surface area contributed by atoms with Gasteiger partial charge in [-0.25, -0.2) is 0 Å². The Bertz CT molecular complexity index is 553. The Morgan fingerprint density at radius 1 is 0.700 bits per heavy atom. The standard InChI is InChI=1S/C26H46O4/c1-21(2)11-8-13-23(4)15-10-17-24(5)16-9-14-22(3)12-6-7-18-30-20-26(29)25(28)19-27/h11-12,15-16,25-29H,6-10,13-14,17-20H2,1-5H3/b22-12+,23-15+,24-16+. The van der Waals surface area contributed by atoms with E-state index in [2.05, 4.69) is 58.9 Å². The van der Waals surface area contributed by atoms with Crippen LogP contribution in [0.15, 0.2) is 46.6 Å². The fraction of sp³-hybridized carbons (Fsp3) is 0.692. The third-order valence-electron chi connectivity index (χ3n) is 5.06. The molecule has 4 heteroatoms. The maximum Gasteiger partial charge on any atom is 0.105 e. The molecule has 3 N–H and O–H groups in total. The van der Waals surface area contributed by atoms with Crippen molar-refractivity contribution in [3.63, 3.8) is 0 Å². The van der Waals surface area contributed by atoms with Crippen molar-refractivity contribution < 1.29 is 20.1 Å². The van der Waals surface area contributed by atoms with E-state index in [1.54, 1.807) is 0 Å². The van der Waals surface area contributed by atoms with E-state index < -0.39 is 18.8 Å². The van der Waals surface area contributed by atoms with E-state index in [9.17, 15) is 10.2 Å². The van der Waals surface area contributed by atoms with Gasteiger partial charge >= 0.3 is 0 Å². The second-order valence-corrected chi connectivity index (χ2v) is 8.58. The number of ether oxygens (including phenoxy) is 1. The molecule has 2 atom stereocenters. The van der Waals surface area contributed by atoms with Crippen LogP contribution in [0.3, 0.4) is 0 Å². The molecule has 0 heterocycles. The molecule has 0 aromatic carbocycles. The molecule has 0 amide bonds. The Morgan fingerprint density at radius 2 is 1.17 bits per heavy atom. The number of allylic oxidation sites excluding steroid dienone is 8. The highest BCUT2D eigenvalue weighted by Crippen LogP contribution is 2.14. The second kappa shape index (κ2) is 18.6. The first-order valence-corrected chi connectivity index (χ1v) is 11.4. The van der Waals surface area contributed by atoms with Crippen LogP contribution in [0.1, 0.15) is 86.0 Å². The van der Waals surface area contributed by atoms with Crippen molar-refractivity contribution in [2.45, 2.75) is 98.2 Å². The number of hydrogen-bond acceptors (Lipinski definition) is 4. The van der Waals surface area contributed by atoms with Crippen molar-refractivity contribution in [2.75, 3.05) is 19.8 Å². The van der Waals surface area contributed by atoms with Gasteiger partial charge in [-0.15, -0.1) is 0 Å². The first kappa shape index (κ1) is 28.8. The smallest absolute Gasteiger partial charge is 0.105 e. The van der Waals surface area contributed by atoms with Crippen LogP contribution in [0.4, 0.5) is 0 Å². The maximum absolute atomic E-state index is 9.48. The van der Waals surface area contributed by atoms with E-state index in [4.69, 9.17) is 9.84 Å².